The van der Waals surface area contributed by atoms with E-state index in [-0.39, 0.29) is 16.8 Å². The highest BCUT2D eigenvalue weighted by atomic mass is 32.2. The second-order valence-electron chi connectivity index (χ2n) is 7.34. The molecule has 0 fully saturated rings. The van der Waals surface area contributed by atoms with E-state index in [2.05, 4.69) is 36.5 Å². The summed E-state index contributed by atoms with van der Waals surface area (Å²) in [6.07, 6.45) is 1.18. The molecule has 1 N–H and O–H groups in total. The Balaban J connectivity index is 1.58. The number of benzene rings is 3. The van der Waals surface area contributed by atoms with Crippen LogP contribution in [-0.2, 0) is 15.6 Å². The molecule has 0 radical (unpaired) electrons. The molecular formula is C24H25NO3S2. The van der Waals surface area contributed by atoms with Crippen molar-refractivity contribution in [1.29, 1.82) is 0 Å². The molecule has 1 amide bonds. The van der Waals surface area contributed by atoms with E-state index < -0.39 is 9.84 Å². The lowest BCUT2D eigenvalue weighted by molar-refractivity contribution is 0.0940. The van der Waals surface area contributed by atoms with Gasteiger partial charge in [-0.2, -0.15) is 0 Å². The van der Waals surface area contributed by atoms with Crippen LogP contribution in [-0.4, -0.2) is 20.6 Å². The van der Waals surface area contributed by atoms with Crippen molar-refractivity contribution in [2.75, 3.05) is 6.26 Å². The summed E-state index contributed by atoms with van der Waals surface area (Å²) >= 11 is 1.76. The van der Waals surface area contributed by atoms with Crippen molar-refractivity contribution in [3.63, 3.8) is 0 Å². The van der Waals surface area contributed by atoms with Gasteiger partial charge in [0.05, 0.1) is 10.9 Å². The first-order chi connectivity index (χ1) is 14.2. The Morgan fingerprint density at radius 1 is 0.933 bits per heavy atom. The van der Waals surface area contributed by atoms with Gasteiger partial charge in [-0.1, -0.05) is 42.0 Å². The molecule has 0 aliphatic rings. The van der Waals surface area contributed by atoms with E-state index in [4.69, 9.17) is 0 Å². The molecule has 156 valence electrons. The zero-order valence-electron chi connectivity index (χ0n) is 17.3. The lowest BCUT2D eigenvalue weighted by Crippen LogP contribution is -2.26. The van der Waals surface area contributed by atoms with Gasteiger partial charge in [-0.25, -0.2) is 8.42 Å². The second kappa shape index (κ2) is 9.49. The van der Waals surface area contributed by atoms with E-state index in [0.29, 0.717) is 5.56 Å². The maximum atomic E-state index is 12.6. The molecule has 3 rings (SSSR count). The summed E-state index contributed by atoms with van der Waals surface area (Å²) in [5.41, 5.74) is 3.84. The van der Waals surface area contributed by atoms with Crippen molar-refractivity contribution in [3.05, 3.63) is 95.1 Å². The van der Waals surface area contributed by atoms with Crippen LogP contribution in [0, 0.1) is 6.92 Å². The van der Waals surface area contributed by atoms with Gasteiger partial charge < -0.3 is 5.32 Å². The molecule has 0 aliphatic heterocycles. The summed E-state index contributed by atoms with van der Waals surface area (Å²) < 4.78 is 23.1. The van der Waals surface area contributed by atoms with Gasteiger partial charge in [0.25, 0.3) is 5.91 Å². The predicted molar refractivity (Wildman–Crippen MR) is 123 cm³/mol. The van der Waals surface area contributed by atoms with Crippen LogP contribution in [0.5, 0.6) is 0 Å². The summed E-state index contributed by atoms with van der Waals surface area (Å²) in [6.45, 7) is 3.95. The van der Waals surface area contributed by atoms with Gasteiger partial charge in [0.2, 0.25) is 0 Å². The second-order valence-corrected chi connectivity index (χ2v) is 10.4. The summed E-state index contributed by atoms with van der Waals surface area (Å²) in [4.78, 5) is 14.1. The normalized spacial score (nSPS) is 12.4. The number of amides is 1. The van der Waals surface area contributed by atoms with Crippen LogP contribution in [0.15, 0.2) is 82.6 Å². The Morgan fingerprint density at radius 3 is 2.10 bits per heavy atom. The molecule has 0 bridgehead atoms. The van der Waals surface area contributed by atoms with Gasteiger partial charge in [0, 0.05) is 22.5 Å². The van der Waals surface area contributed by atoms with Gasteiger partial charge in [-0.05, 0) is 61.4 Å². The van der Waals surface area contributed by atoms with E-state index in [1.54, 1.807) is 36.0 Å². The minimum absolute atomic E-state index is 0.160. The van der Waals surface area contributed by atoms with Crippen LogP contribution < -0.4 is 5.32 Å². The quantitative estimate of drug-likeness (QED) is 0.515. The molecular weight excluding hydrogens is 414 g/mol. The van der Waals surface area contributed by atoms with Gasteiger partial charge in [-0.3, -0.25) is 4.79 Å². The minimum Gasteiger partial charge on any atom is -0.346 e. The maximum Gasteiger partial charge on any atom is 0.251 e. The fraction of sp³-hybridized carbons (Fsp3) is 0.208. The fourth-order valence-corrected chi connectivity index (χ4v) is 4.41. The number of sulfone groups is 1. The van der Waals surface area contributed by atoms with E-state index in [0.717, 1.165) is 16.9 Å². The number of thioether (sulfide) groups is 1. The largest absolute Gasteiger partial charge is 0.346 e. The third kappa shape index (κ3) is 5.97. The zero-order chi connectivity index (χ0) is 21.7. The highest BCUT2D eigenvalue weighted by molar-refractivity contribution is 7.98. The zero-order valence-corrected chi connectivity index (χ0v) is 18.9. The van der Waals surface area contributed by atoms with E-state index >= 15 is 0 Å². The molecule has 0 saturated heterocycles. The van der Waals surface area contributed by atoms with Crippen LogP contribution in [0.2, 0.25) is 0 Å². The number of carbonyl (C=O) groups is 1. The molecule has 0 spiro atoms. The first-order valence-electron chi connectivity index (χ1n) is 9.61. The van der Waals surface area contributed by atoms with Crippen molar-refractivity contribution in [1.82, 2.24) is 5.32 Å². The molecule has 3 aromatic rings. The Hall–Kier alpha value is -2.57. The molecule has 0 saturated carbocycles. The number of aryl methyl sites for hydroxylation is 1. The Labute approximate surface area is 182 Å². The van der Waals surface area contributed by atoms with E-state index in [1.165, 1.54) is 16.7 Å². The SMILES string of the molecule is Cc1ccc(SCc2ccc(C(=O)NC(C)c3ccc(S(C)(=O)=O)cc3)cc2)cc1. The van der Waals surface area contributed by atoms with Gasteiger partial charge in [0.15, 0.2) is 9.84 Å². The predicted octanol–water partition coefficient (Wildman–Crippen LogP) is 5.18. The molecule has 3 aromatic carbocycles. The van der Waals surface area contributed by atoms with E-state index in [1.807, 2.05) is 31.2 Å². The van der Waals surface area contributed by atoms with Gasteiger partial charge in [-0.15, -0.1) is 11.8 Å². The standard InChI is InChI=1S/C24H25NO3S2/c1-17-4-12-22(13-5-17)29-16-19-6-8-21(9-7-19)24(26)25-18(2)20-10-14-23(15-11-20)30(3,27)28/h4-15,18H,16H2,1-3H3,(H,25,26). The highest BCUT2D eigenvalue weighted by Crippen LogP contribution is 2.23. The molecule has 1 unspecified atom stereocenters. The molecule has 1 atom stereocenters. The Morgan fingerprint density at radius 2 is 1.53 bits per heavy atom. The van der Waals surface area contributed by atoms with Crippen molar-refractivity contribution < 1.29 is 13.2 Å². The number of hydrogen-bond donors (Lipinski definition) is 1. The molecule has 6 heteroatoms. The molecule has 0 aromatic heterocycles. The Kier molecular flexibility index (Phi) is 7.00. The lowest BCUT2D eigenvalue weighted by atomic mass is 10.1. The summed E-state index contributed by atoms with van der Waals surface area (Å²) in [6, 6.07) is 22.4. The summed E-state index contributed by atoms with van der Waals surface area (Å²) in [7, 11) is -3.23. The summed E-state index contributed by atoms with van der Waals surface area (Å²) in [5, 5.41) is 2.96. The maximum absolute atomic E-state index is 12.6. The van der Waals surface area contributed by atoms with Crippen LogP contribution >= 0.6 is 11.8 Å². The van der Waals surface area contributed by atoms with Crippen LogP contribution in [0.25, 0.3) is 0 Å². The number of carbonyl (C=O) groups excluding carboxylic acids is 1. The van der Waals surface area contributed by atoms with E-state index in [9.17, 15) is 13.2 Å². The highest BCUT2D eigenvalue weighted by Gasteiger charge is 2.13. The van der Waals surface area contributed by atoms with Gasteiger partial charge in [0.1, 0.15) is 0 Å². The van der Waals surface area contributed by atoms with Crippen LogP contribution in [0.4, 0.5) is 0 Å². The molecule has 4 nitrogen and oxygen atoms in total. The monoisotopic (exact) mass is 439 g/mol. The van der Waals surface area contributed by atoms with Gasteiger partial charge >= 0.3 is 0 Å². The Bertz CT molecular complexity index is 1100. The van der Waals surface area contributed by atoms with Crippen LogP contribution in [0.3, 0.4) is 0 Å². The molecule has 0 aliphatic carbocycles. The van der Waals surface area contributed by atoms with Crippen molar-refractivity contribution in [3.8, 4) is 0 Å². The minimum atomic E-state index is -3.23. The number of hydrogen-bond acceptors (Lipinski definition) is 4. The average Bonchev–Trinajstić information content (AvgIpc) is 2.73. The third-order valence-corrected chi connectivity index (χ3v) is 7.01. The molecule has 0 heterocycles. The molecule has 30 heavy (non-hydrogen) atoms. The average molecular weight is 440 g/mol. The van der Waals surface area contributed by atoms with Crippen molar-refractivity contribution in [2.24, 2.45) is 0 Å². The number of rotatable bonds is 7. The smallest absolute Gasteiger partial charge is 0.251 e. The first kappa shape index (κ1) is 22.1. The lowest BCUT2D eigenvalue weighted by Gasteiger charge is -2.15. The summed E-state index contributed by atoms with van der Waals surface area (Å²) in [5.74, 6) is 0.682. The van der Waals surface area contributed by atoms with Crippen molar-refractivity contribution >= 4 is 27.5 Å². The topological polar surface area (TPSA) is 63.2 Å². The number of nitrogens with one attached hydrogen (secondary N) is 1. The van der Waals surface area contributed by atoms with Crippen molar-refractivity contribution in [2.45, 2.75) is 35.4 Å². The third-order valence-electron chi connectivity index (χ3n) is 4.80. The van der Waals surface area contributed by atoms with Crippen LogP contribution in [0.1, 0.15) is 40.0 Å². The first-order valence-corrected chi connectivity index (χ1v) is 12.5. The fourth-order valence-electron chi connectivity index (χ4n) is 2.92.